The number of methoxy groups -OCH3 is 2. The minimum absolute atomic E-state index is 0.0282. The first kappa shape index (κ1) is 47.3. The summed E-state index contributed by atoms with van der Waals surface area (Å²) in [5.41, 5.74) is 7.86. The third kappa shape index (κ3) is 9.28. The van der Waals surface area contributed by atoms with Crippen molar-refractivity contribution in [3.8, 4) is 0 Å². The largest absolute Gasteiger partial charge is 0.465 e. The highest BCUT2D eigenvalue weighted by Crippen LogP contribution is 2.48. The zero-order valence-corrected chi connectivity index (χ0v) is 40.3. The van der Waals surface area contributed by atoms with Gasteiger partial charge in [0.1, 0.15) is 23.7 Å². The number of likely N-dealkylation sites (tertiary alicyclic amines) is 2. The van der Waals surface area contributed by atoms with E-state index in [1.54, 1.807) is 12.0 Å². The second-order valence-corrected chi connectivity index (χ2v) is 20.0. The number of ether oxygens (including phenoxy) is 2. The zero-order valence-electron chi connectivity index (χ0n) is 40.3. The van der Waals surface area contributed by atoms with Gasteiger partial charge in [0, 0.05) is 38.3 Å². The van der Waals surface area contributed by atoms with Gasteiger partial charge >= 0.3 is 12.2 Å². The monoisotopic (exact) mass is 918 g/mol. The number of benzene rings is 3. The summed E-state index contributed by atoms with van der Waals surface area (Å²) in [6, 6.07) is 19.8. The topological polar surface area (TPSA) is 189 Å². The Kier molecular flexibility index (Phi) is 13.6. The maximum Gasteiger partial charge on any atom is 0.407 e. The molecule has 0 unspecified atom stereocenters. The van der Waals surface area contributed by atoms with Gasteiger partial charge < -0.3 is 44.6 Å². The lowest BCUT2D eigenvalue weighted by molar-refractivity contribution is -0.138. The molecule has 3 fully saturated rings. The maximum absolute atomic E-state index is 14.0. The summed E-state index contributed by atoms with van der Waals surface area (Å²) in [5, 5.41) is 12.5. The van der Waals surface area contributed by atoms with Crippen LogP contribution in [-0.4, -0.2) is 117 Å². The summed E-state index contributed by atoms with van der Waals surface area (Å²) >= 11 is 0. The number of alkyl carbamates (subject to hydrolysis) is 1. The summed E-state index contributed by atoms with van der Waals surface area (Å²) in [7, 11) is 4.50. The predicted molar refractivity (Wildman–Crippen MR) is 257 cm³/mol. The van der Waals surface area contributed by atoms with Gasteiger partial charge in [-0.15, -0.1) is 0 Å². The number of carbonyl (C=O) groups excluding carboxylic acids is 3. The van der Waals surface area contributed by atoms with Crippen molar-refractivity contribution >= 4 is 51.8 Å². The first-order valence-electron chi connectivity index (χ1n) is 23.8. The van der Waals surface area contributed by atoms with Crippen molar-refractivity contribution < 1.29 is 33.8 Å². The lowest BCUT2D eigenvalue weighted by atomic mass is 9.85. The summed E-state index contributed by atoms with van der Waals surface area (Å²) in [4.78, 5) is 76.6. The molecule has 0 spiro atoms. The lowest BCUT2D eigenvalue weighted by Gasteiger charge is -2.34. The summed E-state index contributed by atoms with van der Waals surface area (Å²) in [6.07, 6.45) is 3.18. The molecule has 358 valence electrons. The van der Waals surface area contributed by atoms with Gasteiger partial charge in [-0.05, 0) is 103 Å². The Labute approximate surface area is 392 Å². The van der Waals surface area contributed by atoms with Gasteiger partial charge in [0.2, 0.25) is 11.8 Å². The van der Waals surface area contributed by atoms with Crippen LogP contribution in [0.1, 0.15) is 133 Å². The van der Waals surface area contributed by atoms with E-state index in [0.29, 0.717) is 25.5 Å². The number of nitrogens with one attached hydrogen (secondary N) is 3. The molecular formula is C51H67N9O7. The summed E-state index contributed by atoms with van der Waals surface area (Å²) < 4.78 is 10.4. The molecule has 0 aliphatic carbocycles. The first-order valence-corrected chi connectivity index (χ1v) is 23.8. The van der Waals surface area contributed by atoms with E-state index in [0.717, 1.165) is 88.1 Å². The van der Waals surface area contributed by atoms with Crippen LogP contribution in [0.15, 0.2) is 60.7 Å². The maximum atomic E-state index is 14.0. The molecule has 3 aromatic carbocycles. The number of hydrogen-bond acceptors (Lipinski definition) is 9. The minimum Gasteiger partial charge on any atom is -0.465 e. The highest BCUT2D eigenvalue weighted by atomic mass is 16.5. The van der Waals surface area contributed by atoms with Gasteiger partial charge in [-0.3, -0.25) is 14.5 Å². The van der Waals surface area contributed by atoms with Crippen LogP contribution in [0.4, 0.5) is 15.3 Å². The Balaban J connectivity index is 1.10. The van der Waals surface area contributed by atoms with Crippen molar-refractivity contribution in [1.82, 2.24) is 40.0 Å². The zero-order chi connectivity index (χ0) is 47.9. The van der Waals surface area contributed by atoms with Gasteiger partial charge in [-0.25, -0.2) is 19.6 Å². The van der Waals surface area contributed by atoms with Crippen LogP contribution in [0.2, 0.25) is 0 Å². The van der Waals surface area contributed by atoms with E-state index in [2.05, 4.69) is 94.7 Å². The molecule has 0 bridgehead atoms. The van der Waals surface area contributed by atoms with Crippen LogP contribution in [0, 0.1) is 11.8 Å². The van der Waals surface area contributed by atoms with Crippen molar-refractivity contribution in [3.05, 3.63) is 89.0 Å². The molecule has 67 heavy (non-hydrogen) atoms. The third-order valence-electron chi connectivity index (χ3n) is 14.4. The van der Waals surface area contributed by atoms with Gasteiger partial charge in [-0.2, -0.15) is 0 Å². The van der Waals surface area contributed by atoms with Gasteiger partial charge in [-0.1, -0.05) is 65.8 Å². The Hall–Kier alpha value is -6.16. The molecule has 8 rings (SSSR count). The second kappa shape index (κ2) is 19.2. The van der Waals surface area contributed by atoms with E-state index in [9.17, 15) is 24.3 Å². The molecule has 5 aromatic rings. The number of carbonyl (C=O) groups is 4. The average molecular weight is 918 g/mol. The van der Waals surface area contributed by atoms with Crippen LogP contribution < -0.4 is 10.2 Å². The van der Waals surface area contributed by atoms with Crippen LogP contribution >= 0.6 is 0 Å². The molecule has 3 aliphatic rings. The number of nitrogens with zero attached hydrogens (tertiary/aromatic N) is 6. The van der Waals surface area contributed by atoms with Crippen molar-refractivity contribution in [2.24, 2.45) is 11.8 Å². The summed E-state index contributed by atoms with van der Waals surface area (Å²) in [5.74, 6) is 0.782. The Bertz CT molecular complexity index is 2600. The number of fused-ring (bicyclic) bond motifs is 2. The molecule has 3 aliphatic heterocycles. The van der Waals surface area contributed by atoms with E-state index >= 15 is 0 Å². The van der Waals surface area contributed by atoms with E-state index in [1.165, 1.54) is 19.7 Å². The normalized spacial score (nSPS) is 20.9. The lowest BCUT2D eigenvalue weighted by Crippen LogP contribution is -2.51. The molecule has 4 amide bonds. The van der Waals surface area contributed by atoms with Crippen molar-refractivity contribution in [2.75, 3.05) is 45.9 Å². The third-order valence-corrected chi connectivity index (χ3v) is 14.4. The first-order chi connectivity index (χ1) is 32.0. The highest BCUT2D eigenvalue weighted by Gasteiger charge is 2.41. The van der Waals surface area contributed by atoms with E-state index in [4.69, 9.17) is 19.4 Å². The van der Waals surface area contributed by atoms with Crippen molar-refractivity contribution in [2.45, 2.75) is 122 Å². The molecule has 3 saturated heterocycles. The van der Waals surface area contributed by atoms with Gasteiger partial charge in [0.05, 0.1) is 60.0 Å². The van der Waals surface area contributed by atoms with Crippen molar-refractivity contribution in [1.29, 1.82) is 0 Å². The van der Waals surface area contributed by atoms with E-state index in [1.807, 2.05) is 32.6 Å². The molecule has 2 aromatic heterocycles. The fourth-order valence-corrected chi connectivity index (χ4v) is 10.9. The number of imidazole rings is 2. The number of H-pyrrole nitrogens is 2. The minimum atomic E-state index is -1.13. The molecule has 16 heteroatoms. The van der Waals surface area contributed by atoms with Crippen LogP contribution in [0.5, 0.6) is 0 Å². The number of hydrogen-bond donors (Lipinski definition) is 4. The molecule has 6 atom stereocenters. The molecule has 5 heterocycles. The fourth-order valence-electron chi connectivity index (χ4n) is 10.9. The molecule has 16 nitrogen and oxygen atoms in total. The smallest absolute Gasteiger partial charge is 0.407 e. The summed E-state index contributed by atoms with van der Waals surface area (Å²) in [6.45, 7) is 13.7. The number of carboxylic acid groups (broad SMARTS) is 1. The van der Waals surface area contributed by atoms with E-state index < -0.39 is 24.3 Å². The SMILES string of the molecule is COCC(C)(C)c1ccc(N2[C@@H](c3ccc4nc([C@@H]5CCCN5C(=O)[C@@H](NC(=O)OC)C(C)C)[nH]c4c3)CC[C@@H]2c2ccc3nc([C@@H]4CCCN4C(=O)[C@H](C(C)C)N(C)C(=O)O)[nH]c3c2)cc1. The van der Waals surface area contributed by atoms with Gasteiger partial charge in [0.15, 0.2) is 0 Å². The average Bonchev–Trinajstić information content (AvgIpc) is 4.16. The van der Waals surface area contributed by atoms with E-state index in [-0.39, 0.29) is 53.2 Å². The Morgan fingerprint density at radius 2 is 1.28 bits per heavy atom. The Morgan fingerprint density at radius 3 is 1.75 bits per heavy atom. The number of aromatic nitrogens is 4. The quantitative estimate of drug-likeness (QED) is 0.0838. The Morgan fingerprint density at radius 1 is 0.761 bits per heavy atom. The van der Waals surface area contributed by atoms with Gasteiger partial charge in [0.25, 0.3) is 0 Å². The molecule has 4 N–H and O–H groups in total. The molecular weight excluding hydrogens is 851 g/mol. The number of amides is 4. The number of anilines is 1. The number of rotatable bonds is 14. The number of aromatic amines is 2. The van der Waals surface area contributed by atoms with Crippen LogP contribution in [0.25, 0.3) is 22.1 Å². The standard InChI is InChI=1S/C51H67N9O7/c1-29(2)43(56-49(63)67-9)47(61)58-24-10-12-41(58)45-52-35-20-14-31(26-37(35)54-45)39-22-23-40(60(39)34-18-16-33(17-19-34)51(5,6)28-66-8)32-15-21-36-38(27-32)55-46(53-36)42-13-11-25-59(42)48(62)44(30(3)4)57(7)50(64)65/h14-21,26-27,29-30,39-44H,10-13,22-25,28H2,1-9H3,(H,52,54)(H,53,55)(H,56,63)(H,64,65)/t39-,40-,41+,42+,43+,44+/m1/s1. The van der Waals surface area contributed by atoms with Crippen LogP contribution in [-0.2, 0) is 24.5 Å². The fraction of sp³-hybridized carbons (Fsp3) is 0.529. The van der Waals surface area contributed by atoms with Crippen molar-refractivity contribution in [3.63, 3.8) is 0 Å². The predicted octanol–water partition coefficient (Wildman–Crippen LogP) is 8.79. The molecule has 0 saturated carbocycles. The van der Waals surface area contributed by atoms with Crippen LogP contribution in [0.3, 0.4) is 0 Å². The number of likely N-dealkylation sites (N-methyl/N-ethyl adjacent to an activating group) is 1. The molecule has 0 radical (unpaired) electrons. The highest BCUT2D eigenvalue weighted by molar-refractivity contribution is 5.87. The second-order valence-electron chi connectivity index (χ2n) is 20.0.